The average Bonchev–Trinajstić information content (AvgIpc) is 2.75. The predicted octanol–water partition coefficient (Wildman–Crippen LogP) is 4.10. The molecule has 1 aromatic heterocycles. The van der Waals surface area contributed by atoms with E-state index in [1.807, 2.05) is 12.3 Å². The third-order valence-electron chi connectivity index (χ3n) is 6.10. The number of aromatic nitrogens is 1. The van der Waals surface area contributed by atoms with Crippen LogP contribution in [0.25, 0.3) is 0 Å². The van der Waals surface area contributed by atoms with Crippen LogP contribution in [0, 0.1) is 13.8 Å². The van der Waals surface area contributed by atoms with Gasteiger partial charge in [0.05, 0.1) is 0 Å². The van der Waals surface area contributed by atoms with Gasteiger partial charge in [-0.05, 0) is 71.7 Å². The number of hydrogen-bond donors (Lipinski definition) is 0. The molecule has 3 nitrogen and oxygen atoms in total. The summed E-state index contributed by atoms with van der Waals surface area (Å²) in [6, 6.07) is 25.5. The first-order chi connectivity index (χ1) is 14.2. The zero-order chi connectivity index (χ0) is 19.5. The molecule has 4 aromatic rings. The fraction of sp³-hybridized carbons (Fsp3) is 0.0800. The van der Waals surface area contributed by atoms with Crippen LogP contribution in [0.3, 0.4) is 0 Å². The molecular formula is C25H19BN2O. The zero-order valence-corrected chi connectivity index (χ0v) is 16.4. The molecule has 0 N–H and O–H groups in total. The second-order valence-electron chi connectivity index (χ2n) is 7.78. The number of hydrogen-bond acceptors (Lipinski definition) is 3. The number of pyridine rings is 1. The number of rotatable bonds is 1. The van der Waals surface area contributed by atoms with E-state index < -0.39 is 0 Å². The van der Waals surface area contributed by atoms with Gasteiger partial charge in [0.25, 0.3) is 6.71 Å². The molecular weight excluding hydrogens is 355 g/mol. The molecule has 2 aliphatic rings. The van der Waals surface area contributed by atoms with Gasteiger partial charge in [0.2, 0.25) is 0 Å². The number of anilines is 3. The Kier molecular flexibility index (Phi) is 3.39. The molecule has 0 fully saturated rings. The van der Waals surface area contributed by atoms with Crippen LogP contribution >= 0.6 is 0 Å². The summed E-state index contributed by atoms with van der Waals surface area (Å²) in [5.41, 5.74) is 8.46. The minimum atomic E-state index is 0.158. The van der Waals surface area contributed by atoms with E-state index in [4.69, 9.17) is 9.72 Å². The van der Waals surface area contributed by atoms with E-state index in [0.717, 1.165) is 23.0 Å². The molecule has 6 rings (SSSR count). The highest BCUT2D eigenvalue weighted by Crippen LogP contribution is 2.39. The number of aryl methyl sites for hydroxylation is 2. The molecule has 4 heteroatoms. The molecule has 29 heavy (non-hydrogen) atoms. The van der Waals surface area contributed by atoms with E-state index in [-0.39, 0.29) is 6.71 Å². The molecule has 0 saturated heterocycles. The third-order valence-corrected chi connectivity index (χ3v) is 6.10. The van der Waals surface area contributed by atoms with Crippen molar-refractivity contribution in [3.8, 4) is 11.5 Å². The summed E-state index contributed by atoms with van der Waals surface area (Å²) in [4.78, 5) is 7.06. The lowest BCUT2D eigenvalue weighted by atomic mass is 9.34. The summed E-state index contributed by atoms with van der Waals surface area (Å²) in [7, 11) is 0. The molecule has 0 radical (unpaired) electrons. The Balaban J connectivity index is 1.68. The van der Waals surface area contributed by atoms with Gasteiger partial charge in [-0.15, -0.1) is 0 Å². The molecule has 0 amide bonds. The topological polar surface area (TPSA) is 25.4 Å². The van der Waals surface area contributed by atoms with Gasteiger partial charge in [0.1, 0.15) is 17.3 Å². The van der Waals surface area contributed by atoms with Gasteiger partial charge in [0.15, 0.2) is 0 Å². The molecule has 0 bridgehead atoms. The van der Waals surface area contributed by atoms with Crippen molar-refractivity contribution in [3.05, 3.63) is 90.1 Å². The maximum absolute atomic E-state index is 6.32. The van der Waals surface area contributed by atoms with Gasteiger partial charge in [0, 0.05) is 17.6 Å². The van der Waals surface area contributed by atoms with E-state index in [0.29, 0.717) is 0 Å². The summed E-state index contributed by atoms with van der Waals surface area (Å²) < 4.78 is 6.32. The molecule has 0 spiro atoms. The standard InChI is InChI=1S/C25H19BN2O/c1-16-14-24(27-15-17(16)2)28-20-10-5-3-8-18(20)26-19-9-4-6-12-22(19)29-23-13-7-11-21(28)25(23)26/h3-15H,1-2H3. The SMILES string of the molecule is Cc1cnc(N2c3ccccc3B3c4ccccc4Oc4cccc2c43)cc1C. The molecule has 0 aliphatic carbocycles. The van der Waals surface area contributed by atoms with Gasteiger partial charge in [-0.1, -0.05) is 42.5 Å². The van der Waals surface area contributed by atoms with Crippen LogP contribution in [0.1, 0.15) is 11.1 Å². The van der Waals surface area contributed by atoms with E-state index in [1.54, 1.807) is 0 Å². The van der Waals surface area contributed by atoms with Crippen molar-refractivity contribution < 1.29 is 4.74 Å². The highest BCUT2D eigenvalue weighted by molar-refractivity contribution is 6.99. The number of nitrogens with zero attached hydrogens (tertiary/aromatic N) is 2. The summed E-state index contributed by atoms with van der Waals surface area (Å²) in [6.07, 6.45) is 1.96. The quantitative estimate of drug-likeness (QED) is 0.405. The van der Waals surface area contributed by atoms with Crippen molar-refractivity contribution in [2.24, 2.45) is 0 Å². The third kappa shape index (κ3) is 2.29. The second-order valence-corrected chi connectivity index (χ2v) is 7.78. The maximum Gasteiger partial charge on any atom is 0.256 e. The first-order valence-electron chi connectivity index (χ1n) is 9.94. The number of para-hydroxylation sites is 2. The highest BCUT2D eigenvalue weighted by Gasteiger charge is 2.41. The average molecular weight is 374 g/mol. The Morgan fingerprint density at radius 2 is 1.48 bits per heavy atom. The zero-order valence-electron chi connectivity index (χ0n) is 16.4. The number of benzene rings is 3. The summed E-state index contributed by atoms with van der Waals surface area (Å²) >= 11 is 0. The minimum Gasteiger partial charge on any atom is -0.458 e. The van der Waals surface area contributed by atoms with Gasteiger partial charge in [-0.2, -0.15) is 0 Å². The molecule has 0 saturated carbocycles. The number of fused-ring (bicyclic) bond motifs is 4. The largest absolute Gasteiger partial charge is 0.458 e. The van der Waals surface area contributed by atoms with Crippen LogP contribution in [0.15, 0.2) is 79.0 Å². The van der Waals surface area contributed by atoms with Crippen molar-refractivity contribution in [2.75, 3.05) is 4.90 Å². The van der Waals surface area contributed by atoms with Gasteiger partial charge >= 0.3 is 0 Å². The molecule has 0 atom stereocenters. The lowest BCUT2D eigenvalue weighted by Gasteiger charge is -2.39. The van der Waals surface area contributed by atoms with Gasteiger partial charge in [-0.25, -0.2) is 4.98 Å². The van der Waals surface area contributed by atoms with E-state index in [1.165, 1.54) is 33.2 Å². The summed E-state index contributed by atoms with van der Waals surface area (Å²) in [6.45, 7) is 4.39. The van der Waals surface area contributed by atoms with Crippen molar-refractivity contribution in [1.29, 1.82) is 0 Å². The van der Waals surface area contributed by atoms with E-state index in [9.17, 15) is 0 Å². The van der Waals surface area contributed by atoms with Crippen molar-refractivity contribution in [3.63, 3.8) is 0 Å². The molecule has 3 heterocycles. The normalized spacial score (nSPS) is 13.3. The maximum atomic E-state index is 6.32. The Bertz CT molecular complexity index is 1280. The Morgan fingerprint density at radius 1 is 0.759 bits per heavy atom. The summed E-state index contributed by atoms with van der Waals surface area (Å²) in [5, 5.41) is 0. The van der Waals surface area contributed by atoms with Crippen LogP contribution in [-0.2, 0) is 0 Å². The second kappa shape index (κ2) is 5.98. The molecule has 138 valence electrons. The molecule has 2 aliphatic heterocycles. The highest BCUT2D eigenvalue weighted by atomic mass is 16.5. The smallest absolute Gasteiger partial charge is 0.256 e. The molecule has 3 aromatic carbocycles. The first-order valence-corrected chi connectivity index (χ1v) is 9.94. The van der Waals surface area contributed by atoms with Crippen LogP contribution in [0.2, 0.25) is 0 Å². The van der Waals surface area contributed by atoms with Crippen molar-refractivity contribution in [2.45, 2.75) is 13.8 Å². The fourth-order valence-electron chi connectivity index (χ4n) is 4.56. The Morgan fingerprint density at radius 3 is 2.34 bits per heavy atom. The fourth-order valence-corrected chi connectivity index (χ4v) is 4.56. The van der Waals surface area contributed by atoms with E-state index in [2.05, 4.69) is 85.5 Å². The van der Waals surface area contributed by atoms with Gasteiger partial charge in [-0.3, -0.25) is 4.90 Å². The monoisotopic (exact) mass is 374 g/mol. The minimum absolute atomic E-state index is 0.158. The first kappa shape index (κ1) is 16.4. The lowest BCUT2D eigenvalue weighted by molar-refractivity contribution is 0.487. The number of ether oxygens (including phenoxy) is 1. The van der Waals surface area contributed by atoms with Gasteiger partial charge < -0.3 is 4.74 Å². The van der Waals surface area contributed by atoms with Crippen LogP contribution in [-0.4, -0.2) is 11.7 Å². The Hall–Kier alpha value is -3.53. The van der Waals surface area contributed by atoms with Crippen molar-refractivity contribution >= 4 is 40.3 Å². The van der Waals surface area contributed by atoms with Crippen LogP contribution < -0.4 is 26.0 Å². The lowest BCUT2D eigenvalue weighted by Crippen LogP contribution is -2.59. The van der Waals surface area contributed by atoms with E-state index >= 15 is 0 Å². The Labute approximate surface area is 170 Å². The van der Waals surface area contributed by atoms with Crippen LogP contribution in [0.4, 0.5) is 17.2 Å². The summed E-state index contributed by atoms with van der Waals surface area (Å²) in [5.74, 6) is 2.80. The predicted molar refractivity (Wildman–Crippen MR) is 120 cm³/mol. The molecule has 0 unspecified atom stereocenters. The van der Waals surface area contributed by atoms with Crippen molar-refractivity contribution in [1.82, 2.24) is 4.98 Å². The van der Waals surface area contributed by atoms with Crippen LogP contribution in [0.5, 0.6) is 11.5 Å².